The number of rotatable bonds is 6. The van der Waals surface area contributed by atoms with Crippen LogP contribution in [0.15, 0.2) is 0 Å². The fourth-order valence-corrected chi connectivity index (χ4v) is 1.03. The Morgan fingerprint density at radius 3 is 1.57 bits per heavy atom. The van der Waals surface area contributed by atoms with Crippen LogP contribution >= 0.6 is 0 Å². The first-order chi connectivity index (χ1) is 6.18. The molecular formula is C13H35N. The predicted octanol–water partition coefficient (Wildman–Crippen LogP) is 4.85. The van der Waals surface area contributed by atoms with Crippen LogP contribution in [-0.4, -0.2) is 6.54 Å². The molecule has 0 aromatic heterocycles. The summed E-state index contributed by atoms with van der Waals surface area (Å²) >= 11 is 0. The molecule has 0 heterocycles. The standard InChI is InChI=1S/C6H15N.C6H14.CH4.H2/c1-6(2)4-3-5-7;1-3-5-6-4-2;;/h6H,3-5,7H2,1-2H3;3-6H2,1-2H3;1H4;1H. The summed E-state index contributed by atoms with van der Waals surface area (Å²) in [5, 5.41) is 0. The number of nitrogens with two attached hydrogens (primary N) is 1. The van der Waals surface area contributed by atoms with Gasteiger partial charge in [-0.25, -0.2) is 0 Å². The Morgan fingerprint density at radius 2 is 1.43 bits per heavy atom. The van der Waals surface area contributed by atoms with Crippen molar-refractivity contribution in [2.24, 2.45) is 11.7 Å². The SMILES string of the molecule is C.CC(C)CCCN.CCCCCC.[HH]. The van der Waals surface area contributed by atoms with Crippen LogP contribution in [0.1, 0.15) is 75.1 Å². The van der Waals surface area contributed by atoms with Crippen LogP contribution in [0.4, 0.5) is 0 Å². The highest BCUT2D eigenvalue weighted by atomic mass is 14.5. The molecule has 0 saturated heterocycles. The van der Waals surface area contributed by atoms with Gasteiger partial charge in [-0.15, -0.1) is 0 Å². The van der Waals surface area contributed by atoms with Crippen LogP contribution < -0.4 is 5.73 Å². The van der Waals surface area contributed by atoms with Gasteiger partial charge in [0.05, 0.1) is 0 Å². The first-order valence-electron chi connectivity index (χ1n) is 5.89. The number of unbranched alkanes of at least 4 members (excludes halogenated alkanes) is 3. The van der Waals surface area contributed by atoms with Gasteiger partial charge in [-0.05, 0) is 25.3 Å². The molecule has 2 N–H and O–H groups in total. The maximum atomic E-state index is 5.28. The van der Waals surface area contributed by atoms with Crippen LogP contribution in [0.3, 0.4) is 0 Å². The second-order valence-electron chi connectivity index (χ2n) is 4.03. The van der Waals surface area contributed by atoms with Crippen LogP contribution in [0.2, 0.25) is 0 Å². The molecule has 0 saturated carbocycles. The Bertz CT molecular complexity index is 70.9. The van der Waals surface area contributed by atoms with Gasteiger partial charge in [0, 0.05) is 1.43 Å². The summed E-state index contributed by atoms with van der Waals surface area (Å²) in [6.45, 7) is 9.74. The van der Waals surface area contributed by atoms with E-state index in [0.29, 0.717) is 0 Å². The van der Waals surface area contributed by atoms with E-state index in [1.807, 2.05) is 0 Å². The predicted molar refractivity (Wildman–Crippen MR) is 71.8 cm³/mol. The Labute approximate surface area is 94.0 Å². The number of hydrogen-bond donors (Lipinski definition) is 1. The van der Waals surface area contributed by atoms with Crippen molar-refractivity contribution in [2.45, 2.75) is 73.6 Å². The highest BCUT2D eigenvalue weighted by Crippen LogP contribution is 2.00. The Balaban J connectivity index is -0.0000000718. The molecule has 1 nitrogen and oxygen atoms in total. The Hall–Kier alpha value is -0.0400. The molecule has 0 fully saturated rings. The van der Waals surface area contributed by atoms with E-state index in [2.05, 4.69) is 27.7 Å². The van der Waals surface area contributed by atoms with E-state index in [1.54, 1.807) is 0 Å². The molecule has 0 amide bonds. The van der Waals surface area contributed by atoms with Crippen molar-refractivity contribution in [1.29, 1.82) is 0 Å². The Morgan fingerprint density at radius 1 is 1.00 bits per heavy atom. The number of hydrogen-bond acceptors (Lipinski definition) is 1. The lowest BCUT2D eigenvalue weighted by Crippen LogP contribution is -1.99. The first-order valence-corrected chi connectivity index (χ1v) is 5.89. The molecule has 92 valence electrons. The van der Waals surface area contributed by atoms with Crippen molar-refractivity contribution in [3.05, 3.63) is 0 Å². The summed E-state index contributed by atoms with van der Waals surface area (Å²) in [6.07, 6.45) is 7.99. The molecule has 0 rings (SSSR count). The highest BCUT2D eigenvalue weighted by Gasteiger charge is 1.88. The van der Waals surface area contributed by atoms with Crippen molar-refractivity contribution in [2.75, 3.05) is 6.54 Å². The average molecular weight is 205 g/mol. The molecule has 0 aliphatic heterocycles. The molecule has 1 heteroatoms. The summed E-state index contributed by atoms with van der Waals surface area (Å²) in [5.74, 6) is 0.823. The fourth-order valence-electron chi connectivity index (χ4n) is 1.03. The highest BCUT2D eigenvalue weighted by molar-refractivity contribution is 4.44. The van der Waals surface area contributed by atoms with E-state index in [1.165, 1.54) is 38.5 Å². The molecular weight excluding hydrogens is 170 g/mol. The van der Waals surface area contributed by atoms with E-state index in [9.17, 15) is 0 Å². The first kappa shape index (κ1) is 19.5. The lowest BCUT2D eigenvalue weighted by Gasteiger charge is -1.98. The molecule has 0 radical (unpaired) electrons. The lowest BCUT2D eigenvalue weighted by molar-refractivity contribution is 0.561. The third kappa shape index (κ3) is 29.7. The topological polar surface area (TPSA) is 26.0 Å². The van der Waals surface area contributed by atoms with E-state index in [-0.39, 0.29) is 8.85 Å². The van der Waals surface area contributed by atoms with Gasteiger partial charge in [0.15, 0.2) is 0 Å². The molecule has 0 unspecified atom stereocenters. The fraction of sp³-hybridized carbons (Fsp3) is 1.00. The van der Waals surface area contributed by atoms with E-state index < -0.39 is 0 Å². The molecule has 0 atom stereocenters. The minimum atomic E-state index is 0. The van der Waals surface area contributed by atoms with Gasteiger partial charge in [0.2, 0.25) is 0 Å². The third-order valence-corrected chi connectivity index (χ3v) is 1.94. The van der Waals surface area contributed by atoms with Crippen molar-refractivity contribution in [3.8, 4) is 0 Å². The molecule has 0 aromatic carbocycles. The largest absolute Gasteiger partial charge is 0.330 e. The Kier molecular flexibility index (Phi) is 26.1. The molecule has 14 heavy (non-hydrogen) atoms. The maximum absolute atomic E-state index is 5.28. The summed E-state index contributed by atoms with van der Waals surface area (Å²) in [7, 11) is 0. The summed E-state index contributed by atoms with van der Waals surface area (Å²) in [4.78, 5) is 0. The van der Waals surface area contributed by atoms with Crippen LogP contribution in [0, 0.1) is 5.92 Å². The minimum Gasteiger partial charge on any atom is -0.330 e. The lowest BCUT2D eigenvalue weighted by atomic mass is 10.1. The molecule has 0 spiro atoms. The van der Waals surface area contributed by atoms with Gasteiger partial charge in [-0.2, -0.15) is 0 Å². The zero-order valence-electron chi connectivity index (χ0n) is 10.1. The van der Waals surface area contributed by atoms with Crippen LogP contribution in [0.25, 0.3) is 0 Å². The van der Waals surface area contributed by atoms with Gasteiger partial charge in [-0.3, -0.25) is 0 Å². The average Bonchev–Trinajstić information content (AvgIpc) is 2.12. The molecule has 0 aromatic rings. The van der Waals surface area contributed by atoms with Gasteiger partial charge in [0.25, 0.3) is 0 Å². The van der Waals surface area contributed by atoms with E-state index >= 15 is 0 Å². The third-order valence-electron chi connectivity index (χ3n) is 1.94. The second-order valence-corrected chi connectivity index (χ2v) is 4.03. The van der Waals surface area contributed by atoms with Gasteiger partial charge in [-0.1, -0.05) is 60.8 Å². The van der Waals surface area contributed by atoms with E-state index in [0.717, 1.165) is 12.5 Å². The van der Waals surface area contributed by atoms with Crippen molar-refractivity contribution >= 4 is 0 Å². The quantitative estimate of drug-likeness (QED) is 0.616. The summed E-state index contributed by atoms with van der Waals surface area (Å²) < 4.78 is 0. The molecule has 0 aliphatic rings. The molecule has 0 bridgehead atoms. The summed E-state index contributed by atoms with van der Waals surface area (Å²) in [6, 6.07) is 0. The van der Waals surface area contributed by atoms with Gasteiger partial charge in [0.1, 0.15) is 0 Å². The van der Waals surface area contributed by atoms with Crippen molar-refractivity contribution in [3.63, 3.8) is 0 Å². The smallest absolute Gasteiger partial charge is 0 e. The van der Waals surface area contributed by atoms with Gasteiger partial charge < -0.3 is 5.73 Å². The van der Waals surface area contributed by atoms with Gasteiger partial charge >= 0.3 is 0 Å². The molecule has 0 aliphatic carbocycles. The van der Waals surface area contributed by atoms with E-state index in [4.69, 9.17) is 5.73 Å². The van der Waals surface area contributed by atoms with Crippen molar-refractivity contribution in [1.82, 2.24) is 0 Å². The monoisotopic (exact) mass is 205 g/mol. The maximum Gasteiger partial charge on any atom is 0 e. The minimum absolute atomic E-state index is 0. The normalized spacial score (nSPS) is 9.00. The van der Waals surface area contributed by atoms with Crippen molar-refractivity contribution < 1.29 is 1.43 Å². The zero-order chi connectivity index (χ0) is 10.5. The van der Waals surface area contributed by atoms with Crippen LogP contribution in [-0.2, 0) is 0 Å². The zero-order valence-corrected chi connectivity index (χ0v) is 10.1. The van der Waals surface area contributed by atoms with Crippen LogP contribution in [0.5, 0.6) is 0 Å². The second kappa shape index (κ2) is 18.7. The summed E-state index contributed by atoms with van der Waals surface area (Å²) in [5.41, 5.74) is 5.28.